The number of rotatable bonds is 54. The van der Waals surface area contributed by atoms with Crippen molar-refractivity contribution in [3.8, 4) is 0 Å². The van der Waals surface area contributed by atoms with Gasteiger partial charge in [-0.05, 0) is 96.3 Å². The summed E-state index contributed by atoms with van der Waals surface area (Å²) < 4.78 is 16.8. The summed E-state index contributed by atoms with van der Waals surface area (Å²) in [7, 11) is 0. The third kappa shape index (κ3) is 57.4. The Balaban J connectivity index is 4.47. The Bertz CT molecular complexity index is 1370. The molecule has 1 atom stereocenters. The van der Waals surface area contributed by atoms with Crippen molar-refractivity contribution in [2.24, 2.45) is 0 Å². The van der Waals surface area contributed by atoms with Crippen molar-refractivity contribution in [2.75, 3.05) is 13.2 Å². The highest BCUT2D eigenvalue weighted by molar-refractivity contribution is 5.71. The molecular weight excluding hydrogens is 877 g/mol. The minimum atomic E-state index is -0.814. The van der Waals surface area contributed by atoms with E-state index in [0.29, 0.717) is 19.3 Å². The first-order valence-electron chi connectivity index (χ1n) is 30.1. The molecule has 0 saturated carbocycles. The highest BCUT2D eigenvalue weighted by Gasteiger charge is 2.19. The van der Waals surface area contributed by atoms with Gasteiger partial charge in [-0.1, -0.05) is 260 Å². The summed E-state index contributed by atoms with van der Waals surface area (Å²) in [4.78, 5) is 38.2. The van der Waals surface area contributed by atoms with Gasteiger partial charge in [0, 0.05) is 19.3 Å². The Morgan fingerprint density at radius 1 is 0.282 bits per heavy atom. The smallest absolute Gasteiger partial charge is 0.306 e. The largest absolute Gasteiger partial charge is 0.462 e. The molecule has 0 aromatic carbocycles. The van der Waals surface area contributed by atoms with Gasteiger partial charge in [0.15, 0.2) is 6.10 Å². The first-order chi connectivity index (χ1) is 35.0. The van der Waals surface area contributed by atoms with Gasteiger partial charge in [-0.3, -0.25) is 14.4 Å². The van der Waals surface area contributed by atoms with Crippen molar-refractivity contribution in [2.45, 2.75) is 297 Å². The molecule has 71 heavy (non-hydrogen) atoms. The van der Waals surface area contributed by atoms with E-state index in [0.717, 1.165) is 89.9 Å². The zero-order valence-electron chi connectivity index (χ0n) is 46.7. The van der Waals surface area contributed by atoms with E-state index in [2.05, 4.69) is 106 Å². The molecule has 6 heteroatoms. The second-order valence-electron chi connectivity index (χ2n) is 19.9. The summed E-state index contributed by atoms with van der Waals surface area (Å²) in [5.74, 6) is -0.973. The van der Waals surface area contributed by atoms with E-state index in [1.54, 1.807) is 0 Å². The molecule has 0 bridgehead atoms. The van der Waals surface area contributed by atoms with Gasteiger partial charge >= 0.3 is 17.9 Å². The van der Waals surface area contributed by atoms with Crippen LogP contribution in [0.2, 0.25) is 0 Å². The van der Waals surface area contributed by atoms with Gasteiger partial charge < -0.3 is 14.2 Å². The zero-order valence-corrected chi connectivity index (χ0v) is 46.7. The summed E-state index contributed by atoms with van der Waals surface area (Å²) in [6, 6.07) is 0. The standard InChI is InChI=1S/C65H112O6/c1-4-7-10-13-16-19-22-25-28-31-32-35-37-40-43-46-49-52-55-58-64(67)70-61-62(71-65(68)59-56-53-50-47-44-41-38-34-30-27-24-21-18-15-12-9-6-3)60-69-63(66)57-54-51-48-45-42-39-36-33-29-26-23-20-17-14-11-8-5-2/h17-18,20-21,26-27,29-30,36,38-39,41,47,50,62H,4-16,19,22-25,28,31-35,37,40,42-46,48-49,51-61H2,1-3H3/b20-17-,21-18-,29-26-,30-27-,39-36-,41-38-,50-47-/t62-/m1/s1. The monoisotopic (exact) mass is 989 g/mol. The number of ether oxygens (including phenoxy) is 3. The highest BCUT2D eigenvalue weighted by atomic mass is 16.6. The fourth-order valence-electron chi connectivity index (χ4n) is 8.33. The molecule has 0 unspecified atom stereocenters. The van der Waals surface area contributed by atoms with E-state index in [1.807, 2.05) is 0 Å². The van der Waals surface area contributed by atoms with Crippen molar-refractivity contribution in [1.82, 2.24) is 0 Å². The number of allylic oxidation sites excluding steroid dienone is 14. The van der Waals surface area contributed by atoms with Crippen LogP contribution in [0.1, 0.15) is 290 Å². The number of hydrogen-bond acceptors (Lipinski definition) is 6. The molecule has 0 heterocycles. The van der Waals surface area contributed by atoms with Crippen molar-refractivity contribution in [3.63, 3.8) is 0 Å². The lowest BCUT2D eigenvalue weighted by molar-refractivity contribution is -0.167. The lowest BCUT2D eigenvalue weighted by Crippen LogP contribution is -2.30. The molecule has 0 aliphatic heterocycles. The predicted octanol–water partition coefficient (Wildman–Crippen LogP) is 20.3. The fraction of sp³-hybridized carbons (Fsp3) is 0.738. The summed E-state index contributed by atoms with van der Waals surface area (Å²) in [5.41, 5.74) is 0. The van der Waals surface area contributed by atoms with Gasteiger partial charge in [-0.25, -0.2) is 0 Å². The number of carbonyl (C=O) groups excluding carboxylic acids is 3. The molecule has 0 spiro atoms. The van der Waals surface area contributed by atoms with Crippen LogP contribution in [0.25, 0.3) is 0 Å². The van der Waals surface area contributed by atoms with Crippen LogP contribution in [0.3, 0.4) is 0 Å². The number of unbranched alkanes of at least 4 members (excludes halogenated alkanes) is 29. The van der Waals surface area contributed by atoms with E-state index < -0.39 is 6.10 Å². The lowest BCUT2D eigenvalue weighted by atomic mass is 10.0. The van der Waals surface area contributed by atoms with E-state index in [9.17, 15) is 14.4 Å². The summed E-state index contributed by atoms with van der Waals surface area (Å²) in [5, 5.41) is 0. The SMILES string of the molecule is CCCCC/C=C\C/C=C\C/C=C\C/C=C\CCCC(=O)O[C@H](COC(=O)CCCCCC/C=C\C/C=C\C/C=C\CCCCC)COC(=O)CCCCCCCCCCCCCCCCCCCCC. The number of esters is 3. The van der Waals surface area contributed by atoms with Crippen LogP contribution in [0.4, 0.5) is 0 Å². The topological polar surface area (TPSA) is 78.9 Å². The zero-order chi connectivity index (χ0) is 51.4. The van der Waals surface area contributed by atoms with Crippen LogP contribution in [0.5, 0.6) is 0 Å². The van der Waals surface area contributed by atoms with Gasteiger partial charge in [0.1, 0.15) is 13.2 Å². The van der Waals surface area contributed by atoms with Gasteiger partial charge in [0.25, 0.3) is 0 Å². The molecule has 0 radical (unpaired) electrons. The molecule has 0 amide bonds. The maximum Gasteiger partial charge on any atom is 0.306 e. The predicted molar refractivity (Wildman–Crippen MR) is 307 cm³/mol. The molecule has 0 saturated heterocycles. The van der Waals surface area contributed by atoms with Gasteiger partial charge in [0.05, 0.1) is 0 Å². The van der Waals surface area contributed by atoms with E-state index >= 15 is 0 Å². The number of carbonyl (C=O) groups is 3. The highest BCUT2D eigenvalue weighted by Crippen LogP contribution is 2.16. The molecule has 0 aromatic heterocycles. The normalized spacial score (nSPS) is 12.7. The molecule has 0 fully saturated rings. The summed E-state index contributed by atoms with van der Waals surface area (Å²) >= 11 is 0. The van der Waals surface area contributed by atoms with Crippen molar-refractivity contribution < 1.29 is 28.6 Å². The molecule has 6 nitrogen and oxygen atoms in total. The van der Waals surface area contributed by atoms with Crippen LogP contribution in [-0.4, -0.2) is 37.2 Å². The Hall–Kier alpha value is -3.41. The maximum absolute atomic E-state index is 12.9. The Labute approximate surface area is 439 Å². The maximum atomic E-state index is 12.9. The van der Waals surface area contributed by atoms with Gasteiger partial charge in [-0.2, -0.15) is 0 Å². The molecular formula is C65H112O6. The second-order valence-corrected chi connectivity index (χ2v) is 19.9. The third-order valence-corrected chi connectivity index (χ3v) is 12.9. The average Bonchev–Trinajstić information content (AvgIpc) is 3.37. The van der Waals surface area contributed by atoms with Crippen LogP contribution < -0.4 is 0 Å². The van der Waals surface area contributed by atoms with Crippen molar-refractivity contribution >= 4 is 17.9 Å². The molecule has 0 aromatic rings. The molecule has 0 aliphatic rings. The van der Waals surface area contributed by atoms with Gasteiger partial charge in [-0.15, -0.1) is 0 Å². The average molecular weight is 990 g/mol. The van der Waals surface area contributed by atoms with Crippen LogP contribution in [0.15, 0.2) is 85.1 Å². The quantitative estimate of drug-likeness (QED) is 0.0261. The summed E-state index contributed by atoms with van der Waals surface area (Å²) in [6.45, 7) is 6.55. The minimum absolute atomic E-state index is 0.104. The number of hydrogen-bond donors (Lipinski definition) is 0. The third-order valence-electron chi connectivity index (χ3n) is 12.9. The molecule has 0 N–H and O–H groups in total. The second kappa shape index (κ2) is 59.2. The van der Waals surface area contributed by atoms with Crippen molar-refractivity contribution in [1.29, 1.82) is 0 Å². The first-order valence-corrected chi connectivity index (χ1v) is 30.1. The van der Waals surface area contributed by atoms with Crippen LogP contribution in [-0.2, 0) is 28.6 Å². The summed E-state index contributed by atoms with van der Waals surface area (Å²) in [6.07, 6.45) is 77.2. The van der Waals surface area contributed by atoms with Crippen LogP contribution in [0, 0.1) is 0 Å². The van der Waals surface area contributed by atoms with E-state index in [-0.39, 0.29) is 37.5 Å². The van der Waals surface area contributed by atoms with E-state index in [1.165, 1.54) is 154 Å². The van der Waals surface area contributed by atoms with Crippen LogP contribution >= 0.6 is 0 Å². The fourth-order valence-corrected chi connectivity index (χ4v) is 8.33. The minimum Gasteiger partial charge on any atom is -0.462 e. The molecule has 408 valence electrons. The Morgan fingerprint density at radius 2 is 0.521 bits per heavy atom. The molecule has 0 rings (SSSR count). The Morgan fingerprint density at radius 3 is 0.859 bits per heavy atom. The van der Waals surface area contributed by atoms with Crippen molar-refractivity contribution in [3.05, 3.63) is 85.1 Å². The van der Waals surface area contributed by atoms with Gasteiger partial charge in [0.2, 0.25) is 0 Å². The van der Waals surface area contributed by atoms with E-state index in [4.69, 9.17) is 14.2 Å². The first kappa shape index (κ1) is 67.6. The molecule has 0 aliphatic carbocycles. The Kier molecular flexibility index (Phi) is 56.3. The lowest BCUT2D eigenvalue weighted by Gasteiger charge is -2.18.